The van der Waals surface area contributed by atoms with Crippen molar-refractivity contribution in [2.75, 3.05) is 45.4 Å². The zero-order chi connectivity index (χ0) is 24.4. The van der Waals surface area contributed by atoms with Gasteiger partial charge in [0.05, 0.1) is 37.2 Å². The van der Waals surface area contributed by atoms with Gasteiger partial charge < -0.3 is 19.1 Å². The molecule has 0 spiro atoms. The molecule has 3 heterocycles. The van der Waals surface area contributed by atoms with Crippen molar-refractivity contribution in [1.29, 1.82) is 0 Å². The Labute approximate surface area is 206 Å². The van der Waals surface area contributed by atoms with Gasteiger partial charge in [0.1, 0.15) is 18.2 Å². The molecule has 5 rings (SSSR count). The highest BCUT2D eigenvalue weighted by molar-refractivity contribution is 6.31. The first-order valence-corrected chi connectivity index (χ1v) is 11.4. The van der Waals surface area contributed by atoms with E-state index in [1.54, 1.807) is 18.2 Å². The van der Waals surface area contributed by atoms with E-state index in [-0.39, 0.29) is 5.02 Å². The van der Waals surface area contributed by atoms with Crippen LogP contribution in [0.3, 0.4) is 0 Å². The second-order valence-electron chi connectivity index (χ2n) is 7.99. The first-order valence-electron chi connectivity index (χ1n) is 11.1. The van der Waals surface area contributed by atoms with E-state index in [0.717, 1.165) is 29.7 Å². The Morgan fingerprint density at radius 3 is 2.57 bits per heavy atom. The Balaban J connectivity index is 1.57. The van der Waals surface area contributed by atoms with E-state index >= 15 is 4.39 Å². The monoisotopic (exact) mass is 495 g/mol. The van der Waals surface area contributed by atoms with Crippen LogP contribution in [0.2, 0.25) is 5.02 Å². The highest BCUT2D eigenvalue weighted by Crippen LogP contribution is 2.37. The molecule has 10 heteroatoms. The molecule has 1 saturated heterocycles. The summed E-state index contributed by atoms with van der Waals surface area (Å²) >= 11 is 6.45. The molecular weight excluding hydrogens is 473 g/mol. The third kappa shape index (κ3) is 4.62. The summed E-state index contributed by atoms with van der Waals surface area (Å²) in [7, 11) is 3.04. The fourth-order valence-electron chi connectivity index (χ4n) is 4.21. The number of anilines is 1. The molecule has 0 aliphatic carbocycles. The molecule has 0 radical (unpaired) electrons. The van der Waals surface area contributed by atoms with Gasteiger partial charge in [-0.3, -0.25) is 0 Å². The van der Waals surface area contributed by atoms with Gasteiger partial charge in [0.2, 0.25) is 5.88 Å². The Bertz CT molecular complexity index is 1350. The van der Waals surface area contributed by atoms with E-state index in [9.17, 15) is 0 Å². The van der Waals surface area contributed by atoms with Crippen molar-refractivity contribution in [3.8, 4) is 17.1 Å². The minimum absolute atomic E-state index is 0.212. The van der Waals surface area contributed by atoms with E-state index in [2.05, 4.69) is 25.1 Å². The van der Waals surface area contributed by atoms with Crippen molar-refractivity contribution in [3.63, 3.8) is 0 Å². The van der Waals surface area contributed by atoms with E-state index in [1.165, 1.54) is 26.6 Å². The molecule has 0 amide bonds. The van der Waals surface area contributed by atoms with Crippen LogP contribution in [-0.4, -0.2) is 60.7 Å². The smallest absolute Gasteiger partial charge is 0.233 e. The van der Waals surface area contributed by atoms with Gasteiger partial charge >= 0.3 is 0 Å². The lowest BCUT2D eigenvalue weighted by molar-refractivity contribution is 0.122. The van der Waals surface area contributed by atoms with Gasteiger partial charge in [-0.25, -0.2) is 14.4 Å². The van der Waals surface area contributed by atoms with Crippen LogP contribution >= 0.6 is 11.6 Å². The van der Waals surface area contributed by atoms with Gasteiger partial charge in [-0.05, 0) is 36.4 Å². The van der Waals surface area contributed by atoms with Crippen LogP contribution < -0.4 is 9.64 Å². The zero-order valence-corrected chi connectivity index (χ0v) is 20.0. The van der Waals surface area contributed by atoms with Crippen LogP contribution in [0.15, 0.2) is 48.8 Å². The van der Waals surface area contributed by atoms with Crippen LogP contribution in [0.25, 0.3) is 22.2 Å². The summed E-state index contributed by atoms with van der Waals surface area (Å²) in [6.45, 7) is 2.99. The molecule has 1 aliphatic rings. The van der Waals surface area contributed by atoms with E-state index in [4.69, 9.17) is 25.8 Å². The molecule has 4 aromatic rings. The van der Waals surface area contributed by atoms with Gasteiger partial charge in [0, 0.05) is 53.5 Å². The number of ether oxygens (including phenoxy) is 3. The van der Waals surface area contributed by atoms with E-state index in [1.807, 2.05) is 18.2 Å². The van der Waals surface area contributed by atoms with Crippen LogP contribution in [0.5, 0.6) is 5.88 Å². The standard InChI is InChI=1S/C25H23ClFN5O3/c1-33-23-6-5-21(30-31-23)25(34-2)17-12-18(20(27)13-19(17)26)24-16-4-3-15(11-22(16)28-14-29-24)32-7-9-35-10-8-32/h3-6,11-14,25H,7-10H2,1-2H3/t25-/m0/s1. The third-order valence-electron chi connectivity index (χ3n) is 5.99. The summed E-state index contributed by atoms with van der Waals surface area (Å²) in [5.41, 5.74) is 3.57. The minimum Gasteiger partial charge on any atom is -0.480 e. The van der Waals surface area contributed by atoms with Gasteiger partial charge in [0.25, 0.3) is 0 Å². The summed E-state index contributed by atoms with van der Waals surface area (Å²) in [6.07, 6.45) is 0.776. The van der Waals surface area contributed by atoms with Crippen LogP contribution in [0.1, 0.15) is 17.4 Å². The van der Waals surface area contributed by atoms with Crippen LogP contribution in [0.4, 0.5) is 10.1 Å². The third-order valence-corrected chi connectivity index (χ3v) is 6.32. The molecule has 0 unspecified atom stereocenters. The molecule has 35 heavy (non-hydrogen) atoms. The quantitative estimate of drug-likeness (QED) is 0.388. The lowest BCUT2D eigenvalue weighted by Crippen LogP contribution is -2.36. The first-order chi connectivity index (χ1) is 17.1. The molecule has 0 bridgehead atoms. The van der Waals surface area contributed by atoms with Gasteiger partial charge in [0.15, 0.2) is 0 Å². The molecule has 1 atom stereocenters. The van der Waals surface area contributed by atoms with Crippen molar-refractivity contribution in [3.05, 3.63) is 70.9 Å². The molecule has 0 saturated carbocycles. The lowest BCUT2D eigenvalue weighted by atomic mass is 9.99. The normalized spacial score (nSPS) is 14.8. The SMILES string of the molecule is COc1ccc([C@@H](OC)c2cc(-c3ncnc4cc(N5CCOCC5)ccc34)c(F)cc2Cl)nn1. The maximum absolute atomic E-state index is 15.2. The number of morpholine rings is 1. The first kappa shape index (κ1) is 23.3. The number of rotatable bonds is 6. The maximum atomic E-state index is 15.2. The maximum Gasteiger partial charge on any atom is 0.233 e. The molecule has 1 aliphatic heterocycles. The summed E-state index contributed by atoms with van der Waals surface area (Å²) < 4.78 is 31.4. The number of nitrogens with zero attached hydrogens (tertiary/aromatic N) is 5. The van der Waals surface area contributed by atoms with Crippen LogP contribution in [-0.2, 0) is 9.47 Å². The predicted molar refractivity (Wildman–Crippen MR) is 130 cm³/mol. The highest BCUT2D eigenvalue weighted by Gasteiger charge is 2.23. The van der Waals surface area contributed by atoms with Crippen molar-refractivity contribution in [1.82, 2.24) is 20.2 Å². The second-order valence-corrected chi connectivity index (χ2v) is 8.40. The number of fused-ring (bicyclic) bond motifs is 1. The molecule has 0 N–H and O–H groups in total. The summed E-state index contributed by atoms with van der Waals surface area (Å²) in [6, 6.07) is 12.2. The summed E-state index contributed by atoms with van der Waals surface area (Å²) in [5.74, 6) is -0.120. The van der Waals surface area contributed by atoms with E-state index < -0.39 is 11.9 Å². The molecule has 2 aromatic heterocycles. The van der Waals surface area contributed by atoms with Crippen molar-refractivity contribution < 1.29 is 18.6 Å². The molecule has 2 aromatic carbocycles. The fourth-order valence-corrected chi connectivity index (χ4v) is 4.46. The number of halogens is 2. The Morgan fingerprint density at radius 2 is 1.86 bits per heavy atom. The van der Waals surface area contributed by atoms with Gasteiger partial charge in [-0.2, -0.15) is 0 Å². The summed E-state index contributed by atoms with van der Waals surface area (Å²) in [4.78, 5) is 11.1. The molecule has 180 valence electrons. The van der Waals surface area contributed by atoms with Gasteiger partial charge in [-0.15, -0.1) is 10.2 Å². The number of aromatic nitrogens is 4. The van der Waals surface area contributed by atoms with Crippen molar-refractivity contribution in [2.24, 2.45) is 0 Å². The topological polar surface area (TPSA) is 82.5 Å². The summed E-state index contributed by atoms with van der Waals surface area (Å²) in [5, 5.41) is 9.12. The second kappa shape index (κ2) is 10.1. The largest absolute Gasteiger partial charge is 0.480 e. The zero-order valence-electron chi connectivity index (χ0n) is 19.2. The average Bonchev–Trinajstić information content (AvgIpc) is 2.90. The molecule has 8 nitrogen and oxygen atoms in total. The Kier molecular flexibility index (Phi) is 6.72. The molecular formula is C25H23ClFN5O3. The number of hydrogen-bond acceptors (Lipinski definition) is 8. The predicted octanol–water partition coefficient (Wildman–Crippen LogP) is 4.46. The fraction of sp³-hybridized carbons (Fsp3) is 0.280. The lowest BCUT2D eigenvalue weighted by Gasteiger charge is -2.29. The minimum atomic E-state index is -0.665. The van der Waals surface area contributed by atoms with Crippen molar-refractivity contribution >= 4 is 28.2 Å². The average molecular weight is 496 g/mol. The Morgan fingerprint density at radius 1 is 1.03 bits per heavy atom. The number of hydrogen-bond donors (Lipinski definition) is 0. The number of methoxy groups -OCH3 is 2. The molecule has 1 fully saturated rings. The van der Waals surface area contributed by atoms with Gasteiger partial charge in [-0.1, -0.05) is 11.6 Å². The van der Waals surface area contributed by atoms with Crippen molar-refractivity contribution in [2.45, 2.75) is 6.10 Å². The Hall–Kier alpha value is -3.40. The number of benzene rings is 2. The van der Waals surface area contributed by atoms with E-state index in [0.29, 0.717) is 41.6 Å². The highest BCUT2D eigenvalue weighted by atomic mass is 35.5. The van der Waals surface area contributed by atoms with Crippen LogP contribution in [0, 0.1) is 5.82 Å².